The monoisotopic (exact) mass is 163 g/mol. The van der Waals surface area contributed by atoms with E-state index in [1.165, 1.54) is 5.56 Å². The van der Waals surface area contributed by atoms with Gasteiger partial charge in [-0.25, -0.2) is 0 Å². The van der Waals surface area contributed by atoms with Crippen molar-refractivity contribution in [2.75, 3.05) is 12.3 Å². The highest BCUT2D eigenvalue weighted by Gasteiger charge is 2.11. The van der Waals surface area contributed by atoms with Crippen LogP contribution in [0.4, 0.5) is 5.69 Å². The fourth-order valence-corrected chi connectivity index (χ4v) is 1.52. The molecule has 2 heteroatoms. The Bertz CT molecular complexity index is 276. The molecule has 0 atom stereocenters. The molecular formula is C10H13NO. The van der Waals surface area contributed by atoms with Gasteiger partial charge in [-0.15, -0.1) is 0 Å². The van der Waals surface area contributed by atoms with Gasteiger partial charge in [-0.3, -0.25) is 0 Å². The molecule has 64 valence electrons. The maximum Gasteiger partial charge on any atom is 0.122 e. The largest absolute Gasteiger partial charge is 0.493 e. The summed E-state index contributed by atoms with van der Waals surface area (Å²) in [6.45, 7) is 2.85. The number of ether oxygens (including phenoxy) is 1. The normalized spacial score (nSPS) is 15.1. The SMILES string of the molecule is Cc1cc2c(cc1N)CCCO2. The number of nitrogens with two attached hydrogens (primary N) is 1. The van der Waals surface area contributed by atoms with Crippen molar-refractivity contribution in [1.29, 1.82) is 0 Å². The molecule has 0 saturated heterocycles. The molecule has 2 nitrogen and oxygen atoms in total. The molecule has 0 bridgehead atoms. The van der Waals surface area contributed by atoms with E-state index in [2.05, 4.69) is 0 Å². The second-order valence-electron chi connectivity index (χ2n) is 3.27. The van der Waals surface area contributed by atoms with Crippen LogP contribution < -0.4 is 10.5 Å². The fourth-order valence-electron chi connectivity index (χ4n) is 1.52. The topological polar surface area (TPSA) is 35.2 Å². The maximum absolute atomic E-state index is 5.79. The third-order valence-electron chi connectivity index (χ3n) is 2.30. The second kappa shape index (κ2) is 2.70. The van der Waals surface area contributed by atoms with Gasteiger partial charge in [-0.05, 0) is 43.0 Å². The van der Waals surface area contributed by atoms with Crippen molar-refractivity contribution in [1.82, 2.24) is 0 Å². The molecular weight excluding hydrogens is 150 g/mol. The summed E-state index contributed by atoms with van der Waals surface area (Å²) in [6.07, 6.45) is 2.20. The third-order valence-corrected chi connectivity index (χ3v) is 2.30. The number of aryl methyl sites for hydroxylation is 2. The maximum atomic E-state index is 5.79. The van der Waals surface area contributed by atoms with E-state index in [1.807, 2.05) is 19.1 Å². The first-order valence-electron chi connectivity index (χ1n) is 4.29. The zero-order valence-corrected chi connectivity index (χ0v) is 7.26. The average Bonchev–Trinajstić information content (AvgIpc) is 2.07. The Morgan fingerprint density at radius 2 is 2.25 bits per heavy atom. The van der Waals surface area contributed by atoms with E-state index >= 15 is 0 Å². The number of benzene rings is 1. The molecule has 0 saturated carbocycles. The molecule has 0 aliphatic carbocycles. The Hall–Kier alpha value is -1.18. The predicted molar refractivity (Wildman–Crippen MR) is 49.4 cm³/mol. The van der Waals surface area contributed by atoms with Gasteiger partial charge in [0.2, 0.25) is 0 Å². The van der Waals surface area contributed by atoms with E-state index in [0.717, 1.165) is 36.4 Å². The van der Waals surface area contributed by atoms with Crippen LogP contribution in [0.5, 0.6) is 5.75 Å². The molecule has 1 aliphatic heterocycles. The van der Waals surface area contributed by atoms with Crippen LogP contribution in [0.1, 0.15) is 17.5 Å². The minimum Gasteiger partial charge on any atom is -0.493 e. The molecule has 1 aromatic rings. The van der Waals surface area contributed by atoms with Crippen molar-refractivity contribution >= 4 is 5.69 Å². The van der Waals surface area contributed by atoms with Crippen LogP contribution in [-0.4, -0.2) is 6.61 Å². The molecule has 0 fully saturated rings. The molecule has 0 radical (unpaired) electrons. The van der Waals surface area contributed by atoms with E-state index in [1.54, 1.807) is 0 Å². The van der Waals surface area contributed by atoms with Crippen molar-refractivity contribution in [3.63, 3.8) is 0 Å². The van der Waals surface area contributed by atoms with Gasteiger partial charge in [-0.1, -0.05) is 0 Å². The number of nitrogen functional groups attached to an aromatic ring is 1. The highest BCUT2D eigenvalue weighted by Crippen LogP contribution is 2.28. The molecule has 1 heterocycles. The zero-order valence-electron chi connectivity index (χ0n) is 7.26. The predicted octanol–water partition coefficient (Wildman–Crippen LogP) is 1.90. The molecule has 12 heavy (non-hydrogen) atoms. The van der Waals surface area contributed by atoms with Crippen LogP contribution in [0.3, 0.4) is 0 Å². The molecule has 2 rings (SSSR count). The van der Waals surface area contributed by atoms with E-state index in [0.29, 0.717) is 0 Å². The van der Waals surface area contributed by atoms with E-state index in [-0.39, 0.29) is 0 Å². The Morgan fingerprint density at radius 1 is 1.42 bits per heavy atom. The van der Waals surface area contributed by atoms with Gasteiger partial charge in [-0.2, -0.15) is 0 Å². The number of rotatable bonds is 0. The molecule has 0 aromatic heterocycles. The summed E-state index contributed by atoms with van der Waals surface area (Å²) in [5.74, 6) is 1.02. The lowest BCUT2D eigenvalue weighted by molar-refractivity contribution is 0.288. The Kier molecular flexibility index (Phi) is 1.68. The highest BCUT2D eigenvalue weighted by molar-refractivity contribution is 5.54. The molecule has 2 N–H and O–H groups in total. The highest BCUT2D eigenvalue weighted by atomic mass is 16.5. The summed E-state index contributed by atoms with van der Waals surface area (Å²) >= 11 is 0. The number of anilines is 1. The van der Waals surface area contributed by atoms with Gasteiger partial charge in [0.1, 0.15) is 5.75 Å². The van der Waals surface area contributed by atoms with E-state index < -0.39 is 0 Å². The van der Waals surface area contributed by atoms with E-state index in [9.17, 15) is 0 Å². The fraction of sp³-hybridized carbons (Fsp3) is 0.400. The van der Waals surface area contributed by atoms with Crippen molar-refractivity contribution in [3.8, 4) is 5.75 Å². The molecule has 1 aliphatic rings. The minimum atomic E-state index is 0.844. The molecule has 0 amide bonds. The first kappa shape index (κ1) is 7.47. The van der Waals surface area contributed by atoms with Crippen LogP contribution in [0.15, 0.2) is 12.1 Å². The molecule has 0 spiro atoms. The first-order valence-corrected chi connectivity index (χ1v) is 4.29. The summed E-state index contributed by atoms with van der Waals surface area (Å²) in [6, 6.07) is 4.06. The first-order chi connectivity index (χ1) is 5.77. The van der Waals surface area contributed by atoms with Gasteiger partial charge in [0.25, 0.3) is 0 Å². The lowest BCUT2D eigenvalue weighted by Crippen LogP contribution is -2.09. The lowest BCUT2D eigenvalue weighted by atomic mass is 10.0. The van der Waals surface area contributed by atoms with Crippen molar-refractivity contribution < 1.29 is 4.74 Å². The van der Waals surface area contributed by atoms with Gasteiger partial charge in [0, 0.05) is 5.69 Å². The van der Waals surface area contributed by atoms with Crippen LogP contribution in [0, 0.1) is 6.92 Å². The lowest BCUT2D eigenvalue weighted by Gasteiger charge is -2.18. The molecule has 1 aromatic carbocycles. The Morgan fingerprint density at radius 3 is 3.08 bits per heavy atom. The summed E-state index contributed by atoms with van der Waals surface area (Å²) < 4.78 is 5.50. The number of fused-ring (bicyclic) bond motifs is 1. The average molecular weight is 163 g/mol. The van der Waals surface area contributed by atoms with Gasteiger partial charge >= 0.3 is 0 Å². The third kappa shape index (κ3) is 1.13. The van der Waals surface area contributed by atoms with Gasteiger partial charge in [0.15, 0.2) is 0 Å². The Labute approximate surface area is 72.3 Å². The van der Waals surface area contributed by atoms with Gasteiger partial charge in [0.05, 0.1) is 6.61 Å². The summed E-state index contributed by atoms with van der Waals surface area (Å²) in [7, 11) is 0. The quantitative estimate of drug-likeness (QED) is 0.593. The van der Waals surface area contributed by atoms with E-state index in [4.69, 9.17) is 10.5 Å². The summed E-state index contributed by atoms with van der Waals surface area (Å²) in [5.41, 5.74) is 9.02. The standard InChI is InChI=1S/C10H13NO/c1-7-5-10-8(6-9(7)11)3-2-4-12-10/h5-6H,2-4,11H2,1H3. The van der Waals surface area contributed by atoms with Crippen molar-refractivity contribution in [2.45, 2.75) is 19.8 Å². The Balaban J connectivity index is 2.49. The van der Waals surface area contributed by atoms with Crippen molar-refractivity contribution in [2.24, 2.45) is 0 Å². The van der Waals surface area contributed by atoms with Crippen LogP contribution in [0.2, 0.25) is 0 Å². The minimum absolute atomic E-state index is 0.844. The smallest absolute Gasteiger partial charge is 0.122 e. The van der Waals surface area contributed by atoms with Crippen molar-refractivity contribution in [3.05, 3.63) is 23.3 Å². The van der Waals surface area contributed by atoms with Gasteiger partial charge < -0.3 is 10.5 Å². The summed E-state index contributed by atoms with van der Waals surface area (Å²) in [5, 5.41) is 0. The molecule has 0 unspecified atom stereocenters. The second-order valence-corrected chi connectivity index (χ2v) is 3.27. The van der Waals surface area contributed by atoms with Crippen LogP contribution in [0.25, 0.3) is 0 Å². The zero-order chi connectivity index (χ0) is 8.55. The number of hydrogen-bond acceptors (Lipinski definition) is 2. The number of hydrogen-bond donors (Lipinski definition) is 1. The summed E-state index contributed by atoms with van der Waals surface area (Å²) in [4.78, 5) is 0. The van der Waals surface area contributed by atoms with Crippen LogP contribution >= 0.6 is 0 Å². The van der Waals surface area contributed by atoms with Crippen LogP contribution in [-0.2, 0) is 6.42 Å².